The van der Waals surface area contributed by atoms with Crippen molar-refractivity contribution in [1.29, 1.82) is 0 Å². The first-order valence-electron chi connectivity index (χ1n) is 8.27. The van der Waals surface area contributed by atoms with Gasteiger partial charge in [0.25, 0.3) is 0 Å². The average molecular weight is 341 g/mol. The summed E-state index contributed by atoms with van der Waals surface area (Å²) >= 11 is 1.87. The zero-order chi connectivity index (χ0) is 16.4. The third-order valence-electron chi connectivity index (χ3n) is 4.93. The van der Waals surface area contributed by atoms with E-state index < -0.39 is 12.0 Å². The number of carboxylic acids is 1. The molecule has 0 saturated carbocycles. The molecular weight excluding hydrogens is 318 g/mol. The van der Waals surface area contributed by atoms with Gasteiger partial charge in [-0.25, -0.2) is 9.59 Å². The third-order valence-corrected chi connectivity index (χ3v) is 6.43. The number of aliphatic carboxylic acids is 1. The van der Waals surface area contributed by atoms with Gasteiger partial charge in [0.15, 0.2) is 0 Å². The van der Waals surface area contributed by atoms with Gasteiger partial charge in [-0.1, -0.05) is 6.42 Å². The number of carboxylic acid groups (broad SMARTS) is 1. The van der Waals surface area contributed by atoms with Gasteiger partial charge in [0.05, 0.1) is 12.1 Å². The second kappa shape index (κ2) is 6.98. The van der Waals surface area contributed by atoms with Gasteiger partial charge in [0.2, 0.25) is 5.91 Å². The fraction of sp³-hybridized carbons (Fsp3) is 0.800. The molecule has 3 amide bonds. The number of rotatable bonds is 6. The van der Waals surface area contributed by atoms with Crippen molar-refractivity contribution in [1.82, 2.24) is 15.5 Å². The van der Waals surface area contributed by atoms with E-state index in [0.29, 0.717) is 24.6 Å². The van der Waals surface area contributed by atoms with Gasteiger partial charge < -0.3 is 20.6 Å². The molecule has 3 aliphatic heterocycles. The number of fused-ring (bicyclic) bond motifs is 1. The second-order valence-corrected chi connectivity index (χ2v) is 7.72. The third kappa shape index (κ3) is 3.57. The molecule has 3 aliphatic rings. The summed E-state index contributed by atoms with van der Waals surface area (Å²) in [5.74, 6) is 0.0116. The highest BCUT2D eigenvalue weighted by Crippen LogP contribution is 2.33. The number of amides is 3. The molecule has 0 spiro atoms. The van der Waals surface area contributed by atoms with Gasteiger partial charge in [-0.15, -0.1) is 0 Å². The van der Waals surface area contributed by atoms with Crippen LogP contribution in [0.4, 0.5) is 4.79 Å². The Hall–Kier alpha value is -1.44. The lowest BCUT2D eigenvalue weighted by Gasteiger charge is -2.21. The topological polar surface area (TPSA) is 98.7 Å². The van der Waals surface area contributed by atoms with Gasteiger partial charge in [-0.05, 0) is 25.7 Å². The minimum atomic E-state index is -0.895. The van der Waals surface area contributed by atoms with E-state index in [-0.39, 0.29) is 24.0 Å². The van der Waals surface area contributed by atoms with Gasteiger partial charge in [-0.2, -0.15) is 11.8 Å². The molecule has 1 unspecified atom stereocenters. The molecule has 0 aromatic heterocycles. The van der Waals surface area contributed by atoms with E-state index in [1.165, 1.54) is 4.90 Å². The maximum atomic E-state index is 12.2. The van der Waals surface area contributed by atoms with E-state index in [0.717, 1.165) is 31.4 Å². The Morgan fingerprint density at radius 1 is 1.30 bits per heavy atom. The van der Waals surface area contributed by atoms with Crippen LogP contribution in [0.3, 0.4) is 0 Å². The number of nitrogens with one attached hydrogen (secondary N) is 2. The highest BCUT2D eigenvalue weighted by Gasteiger charge is 2.42. The Kier molecular flexibility index (Phi) is 4.99. The van der Waals surface area contributed by atoms with Crippen molar-refractivity contribution in [2.24, 2.45) is 0 Å². The summed E-state index contributed by atoms with van der Waals surface area (Å²) in [7, 11) is 0. The molecule has 128 valence electrons. The number of nitrogens with zero attached hydrogens (tertiary/aromatic N) is 1. The predicted octanol–water partition coefficient (Wildman–Crippen LogP) is 0.788. The van der Waals surface area contributed by atoms with Crippen molar-refractivity contribution >= 4 is 29.7 Å². The fourth-order valence-electron chi connectivity index (χ4n) is 3.73. The quantitative estimate of drug-likeness (QED) is 0.490. The smallest absolute Gasteiger partial charge is 0.326 e. The van der Waals surface area contributed by atoms with E-state index in [2.05, 4.69) is 10.6 Å². The van der Waals surface area contributed by atoms with Crippen LogP contribution in [0.2, 0.25) is 0 Å². The monoisotopic (exact) mass is 341 g/mol. The number of likely N-dealkylation sites (tertiary alicyclic amines) is 1. The van der Waals surface area contributed by atoms with Crippen molar-refractivity contribution in [3.05, 3.63) is 0 Å². The van der Waals surface area contributed by atoms with Crippen molar-refractivity contribution in [3.8, 4) is 0 Å². The van der Waals surface area contributed by atoms with Crippen LogP contribution in [0.15, 0.2) is 0 Å². The van der Waals surface area contributed by atoms with Crippen LogP contribution in [-0.4, -0.2) is 63.6 Å². The molecule has 3 N–H and O–H groups in total. The Morgan fingerprint density at radius 3 is 2.91 bits per heavy atom. The SMILES string of the molecule is O=C1N[C@H]2[C@H](CS[C@H]2CCCCC(=O)N2CCCC2C(=O)O)N1. The van der Waals surface area contributed by atoms with E-state index in [1.807, 2.05) is 11.8 Å². The lowest BCUT2D eigenvalue weighted by molar-refractivity contribution is -0.148. The second-order valence-electron chi connectivity index (χ2n) is 6.45. The first-order valence-corrected chi connectivity index (χ1v) is 9.32. The van der Waals surface area contributed by atoms with Crippen molar-refractivity contribution in [2.75, 3.05) is 12.3 Å². The van der Waals surface area contributed by atoms with E-state index >= 15 is 0 Å². The van der Waals surface area contributed by atoms with Gasteiger partial charge in [0.1, 0.15) is 6.04 Å². The van der Waals surface area contributed by atoms with E-state index in [4.69, 9.17) is 5.11 Å². The van der Waals surface area contributed by atoms with Crippen LogP contribution in [0.25, 0.3) is 0 Å². The van der Waals surface area contributed by atoms with E-state index in [9.17, 15) is 14.4 Å². The molecule has 0 radical (unpaired) electrons. The molecule has 0 aromatic rings. The Morgan fingerprint density at radius 2 is 2.13 bits per heavy atom. The number of carbonyl (C=O) groups excluding carboxylic acids is 2. The number of urea groups is 1. The van der Waals surface area contributed by atoms with Gasteiger partial charge in [0, 0.05) is 24.0 Å². The summed E-state index contributed by atoms with van der Waals surface area (Å²) in [6, 6.07) is -0.263. The molecule has 0 aliphatic carbocycles. The van der Waals surface area contributed by atoms with Gasteiger partial charge in [-0.3, -0.25) is 4.79 Å². The summed E-state index contributed by atoms with van der Waals surface area (Å²) in [4.78, 5) is 36.1. The number of hydrogen-bond acceptors (Lipinski definition) is 4. The maximum Gasteiger partial charge on any atom is 0.326 e. The molecule has 7 nitrogen and oxygen atoms in total. The van der Waals surface area contributed by atoms with Crippen molar-refractivity contribution < 1.29 is 19.5 Å². The molecule has 0 bridgehead atoms. The van der Waals surface area contributed by atoms with Gasteiger partial charge >= 0.3 is 12.0 Å². The molecule has 8 heteroatoms. The van der Waals surface area contributed by atoms with Crippen LogP contribution >= 0.6 is 11.8 Å². The molecule has 3 rings (SSSR count). The Balaban J connectivity index is 1.38. The molecular formula is C15H23N3O4S. The fourth-order valence-corrected chi connectivity index (χ4v) is 5.27. The minimum absolute atomic E-state index is 0.0392. The molecule has 3 heterocycles. The van der Waals surface area contributed by atoms with Crippen LogP contribution in [0.5, 0.6) is 0 Å². The lowest BCUT2D eigenvalue weighted by Crippen LogP contribution is -2.40. The molecule has 3 fully saturated rings. The highest BCUT2D eigenvalue weighted by atomic mass is 32.2. The summed E-state index contributed by atoms with van der Waals surface area (Å²) < 4.78 is 0. The van der Waals surface area contributed by atoms with Crippen LogP contribution in [0, 0.1) is 0 Å². The summed E-state index contributed by atoms with van der Waals surface area (Å²) in [5, 5.41) is 15.4. The Labute approximate surface area is 139 Å². The highest BCUT2D eigenvalue weighted by molar-refractivity contribution is 8.00. The zero-order valence-corrected chi connectivity index (χ0v) is 13.8. The number of thioether (sulfide) groups is 1. The van der Waals surface area contributed by atoms with Crippen LogP contribution in [0.1, 0.15) is 38.5 Å². The first kappa shape index (κ1) is 16.4. The summed E-state index contributed by atoms with van der Waals surface area (Å²) in [6.07, 6.45) is 4.43. The van der Waals surface area contributed by atoms with Crippen molar-refractivity contribution in [2.45, 2.75) is 61.9 Å². The summed E-state index contributed by atoms with van der Waals surface area (Å²) in [6.45, 7) is 0.565. The standard InChI is InChI=1S/C15H23N3O4S/c19-12(18-7-3-4-10(18)14(20)21)6-2-1-5-11-13-9(8-23-11)16-15(22)17-13/h9-11,13H,1-8H2,(H,20,21)(H2,16,17,22)/t9-,10?,11-,13-/m0/s1. The Bertz CT molecular complexity index is 501. The average Bonchev–Trinajstić information content (AvgIpc) is 3.19. The van der Waals surface area contributed by atoms with Crippen LogP contribution in [-0.2, 0) is 9.59 Å². The zero-order valence-electron chi connectivity index (χ0n) is 13.0. The first-order chi connectivity index (χ1) is 11.1. The molecule has 4 atom stereocenters. The minimum Gasteiger partial charge on any atom is -0.480 e. The van der Waals surface area contributed by atoms with E-state index in [1.54, 1.807) is 0 Å². The van der Waals surface area contributed by atoms with Crippen molar-refractivity contribution in [3.63, 3.8) is 0 Å². The predicted molar refractivity (Wildman–Crippen MR) is 86.3 cm³/mol. The number of hydrogen-bond donors (Lipinski definition) is 3. The summed E-state index contributed by atoms with van der Waals surface area (Å²) in [5.41, 5.74) is 0. The normalized spacial score (nSPS) is 32.5. The largest absolute Gasteiger partial charge is 0.480 e. The lowest BCUT2D eigenvalue weighted by atomic mass is 10.0. The number of unbranched alkanes of at least 4 members (excludes halogenated alkanes) is 1. The maximum absolute atomic E-state index is 12.2. The number of carbonyl (C=O) groups is 3. The molecule has 0 aromatic carbocycles. The molecule has 3 saturated heterocycles. The molecule has 23 heavy (non-hydrogen) atoms. The van der Waals surface area contributed by atoms with Crippen LogP contribution < -0.4 is 10.6 Å².